The zero-order valence-corrected chi connectivity index (χ0v) is 8.14. The first-order valence-electron chi connectivity index (χ1n) is 4.74. The van der Waals surface area contributed by atoms with E-state index in [4.69, 9.17) is 14.6 Å². The quantitative estimate of drug-likeness (QED) is 0.773. The van der Waals surface area contributed by atoms with Gasteiger partial charge in [-0.1, -0.05) is 29.8 Å². The van der Waals surface area contributed by atoms with E-state index in [9.17, 15) is 0 Å². The molecule has 0 bridgehead atoms. The topological polar surface area (TPSA) is 38.7 Å². The average Bonchev–Trinajstić information content (AvgIpc) is 2.67. The van der Waals surface area contributed by atoms with Gasteiger partial charge >= 0.3 is 0 Å². The highest BCUT2D eigenvalue weighted by Crippen LogP contribution is 2.26. The van der Waals surface area contributed by atoms with E-state index in [-0.39, 0.29) is 19.0 Å². The summed E-state index contributed by atoms with van der Waals surface area (Å²) in [5.74, 6) is 0. The summed E-state index contributed by atoms with van der Waals surface area (Å²) in [5, 5.41) is 8.87. The van der Waals surface area contributed by atoms with Gasteiger partial charge in [-0.15, -0.1) is 0 Å². The monoisotopic (exact) mass is 194 g/mol. The van der Waals surface area contributed by atoms with Crippen molar-refractivity contribution in [3.05, 3.63) is 35.4 Å². The molecule has 1 fully saturated rings. The summed E-state index contributed by atoms with van der Waals surface area (Å²) in [4.78, 5) is 0. The van der Waals surface area contributed by atoms with Crippen LogP contribution in [0.5, 0.6) is 0 Å². The fourth-order valence-electron chi connectivity index (χ4n) is 1.44. The lowest BCUT2D eigenvalue weighted by Crippen LogP contribution is -2.14. The third kappa shape index (κ3) is 1.95. The molecule has 3 nitrogen and oxygen atoms in total. The highest BCUT2D eigenvalue weighted by atomic mass is 16.7. The third-order valence-corrected chi connectivity index (χ3v) is 2.30. The number of benzene rings is 1. The van der Waals surface area contributed by atoms with Crippen LogP contribution in [0.2, 0.25) is 0 Å². The second kappa shape index (κ2) is 4.09. The summed E-state index contributed by atoms with van der Waals surface area (Å²) in [6, 6.07) is 8.02. The molecular weight excluding hydrogens is 180 g/mol. The molecule has 0 radical (unpaired) electrons. The normalized spacial score (nSPS) is 26.7. The van der Waals surface area contributed by atoms with Gasteiger partial charge in [-0.25, -0.2) is 0 Å². The largest absolute Gasteiger partial charge is 0.394 e. The Morgan fingerprint density at radius 3 is 2.64 bits per heavy atom. The molecule has 14 heavy (non-hydrogen) atoms. The Labute approximate surface area is 83.3 Å². The van der Waals surface area contributed by atoms with E-state index in [1.54, 1.807) is 0 Å². The molecule has 0 amide bonds. The first kappa shape index (κ1) is 9.65. The average molecular weight is 194 g/mol. The van der Waals surface area contributed by atoms with Gasteiger partial charge in [0.15, 0.2) is 6.29 Å². The second-order valence-electron chi connectivity index (χ2n) is 3.52. The predicted molar refractivity (Wildman–Crippen MR) is 51.8 cm³/mol. The van der Waals surface area contributed by atoms with Crippen molar-refractivity contribution < 1.29 is 14.6 Å². The second-order valence-corrected chi connectivity index (χ2v) is 3.52. The van der Waals surface area contributed by atoms with Crippen molar-refractivity contribution in [2.45, 2.75) is 19.3 Å². The maximum absolute atomic E-state index is 8.87. The van der Waals surface area contributed by atoms with Crippen LogP contribution in [0.15, 0.2) is 24.3 Å². The Kier molecular flexibility index (Phi) is 2.82. The third-order valence-electron chi connectivity index (χ3n) is 2.30. The van der Waals surface area contributed by atoms with Crippen LogP contribution in [-0.4, -0.2) is 24.4 Å². The molecule has 0 spiro atoms. The van der Waals surface area contributed by atoms with Gasteiger partial charge in [-0.3, -0.25) is 0 Å². The predicted octanol–water partition coefficient (Wildman–Crippen LogP) is 1.40. The lowest BCUT2D eigenvalue weighted by molar-refractivity contribution is -0.0675. The molecule has 2 atom stereocenters. The van der Waals surface area contributed by atoms with Crippen molar-refractivity contribution in [3.8, 4) is 0 Å². The lowest BCUT2D eigenvalue weighted by atomic mass is 10.1. The Morgan fingerprint density at radius 2 is 2.07 bits per heavy atom. The highest BCUT2D eigenvalue weighted by Gasteiger charge is 2.26. The molecule has 0 saturated carbocycles. The molecule has 2 unspecified atom stereocenters. The van der Waals surface area contributed by atoms with Crippen LogP contribution < -0.4 is 0 Å². The molecule has 1 saturated heterocycles. The number of hydrogen-bond donors (Lipinski definition) is 1. The molecule has 1 aromatic rings. The van der Waals surface area contributed by atoms with Crippen LogP contribution in [-0.2, 0) is 9.47 Å². The number of hydrogen-bond acceptors (Lipinski definition) is 3. The highest BCUT2D eigenvalue weighted by molar-refractivity contribution is 5.22. The van der Waals surface area contributed by atoms with E-state index < -0.39 is 0 Å². The van der Waals surface area contributed by atoms with E-state index in [0.29, 0.717) is 6.61 Å². The first-order valence-corrected chi connectivity index (χ1v) is 4.74. The lowest BCUT2D eigenvalue weighted by Gasteiger charge is -2.10. The minimum absolute atomic E-state index is 0.0162. The molecule has 1 N–H and O–H groups in total. The Balaban J connectivity index is 2.06. The Morgan fingerprint density at radius 1 is 1.36 bits per heavy atom. The van der Waals surface area contributed by atoms with Crippen molar-refractivity contribution >= 4 is 0 Å². The van der Waals surface area contributed by atoms with Crippen LogP contribution in [0.3, 0.4) is 0 Å². The summed E-state index contributed by atoms with van der Waals surface area (Å²) in [7, 11) is 0. The van der Waals surface area contributed by atoms with Gasteiger partial charge in [0.2, 0.25) is 0 Å². The number of rotatable bonds is 2. The van der Waals surface area contributed by atoms with Crippen molar-refractivity contribution in [2.75, 3.05) is 13.2 Å². The number of aliphatic hydroxyl groups is 1. The molecule has 0 aliphatic carbocycles. The maximum atomic E-state index is 8.87. The number of aryl methyl sites for hydroxylation is 1. The van der Waals surface area contributed by atoms with Crippen LogP contribution in [0, 0.1) is 6.92 Å². The van der Waals surface area contributed by atoms with Gasteiger partial charge in [0.05, 0.1) is 13.2 Å². The first-order chi connectivity index (χ1) is 6.79. The van der Waals surface area contributed by atoms with Crippen LogP contribution in [0.25, 0.3) is 0 Å². The minimum atomic E-state index is -0.312. The Hall–Kier alpha value is -0.900. The smallest absolute Gasteiger partial charge is 0.184 e. The molecule has 0 aromatic heterocycles. The molecular formula is C11H14O3. The summed E-state index contributed by atoms with van der Waals surface area (Å²) in [5.41, 5.74) is 2.22. The van der Waals surface area contributed by atoms with Crippen LogP contribution in [0.4, 0.5) is 0 Å². The van der Waals surface area contributed by atoms with Gasteiger partial charge < -0.3 is 14.6 Å². The summed E-state index contributed by atoms with van der Waals surface area (Å²) >= 11 is 0. The maximum Gasteiger partial charge on any atom is 0.184 e. The van der Waals surface area contributed by atoms with E-state index in [2.05, 4.69) is 0 Å². The van der Waals surface area contributed by atoms with E-state index >= 15 is 0 Å². The van der Waals surface area contributed by atoms with Gasteiger partial charge in [0, 0.05) is 5.56 Å². The van der Waals surface area contributed by atoms with Gasteiger partial charge in [0.1, 0.15) is 6.10 Å². The van der Waals surface area contributed by atoms with Gasteiger partial charge in [-0.2, -0.15) is 0 Å². The van der Waals surface area contributed by atoms with E-state index in [0.717, 1.165) is 5.56 Å². The van der Waals surface area contributed by atoms with Crippen molar-refractivity contribution in [3.63, 3.8) is 0 Å². The molecule has 1 aliphatic rings. The molecule has 1 heterocycles. The van der Waals surface area contributed by atoms with Crippen LogP contribution >= 0.6 is 0 Å². The summed E-state index contributed by atoms with van der Waals surface area (Å²) in [6.45, 7) is 2.52. The zero-order chi connectivity index (χ0) is 9.97. The SMILES string of the molecule is Cc1ccc(C2OCC(CO)O2)cc1. The minimum Gasteiger partial charge on any atom is -0.394 e. The van der Waals surface area contributed by atoms with Crippen molar-refractivity contribution in [1.29, 1.82) is 0 Å². The van der Waals surface area contributed by atoms with Crippen molar-refractivity contribution in [1.82, 2.24) is 0 Å². The van der Waals surface area contributed by atoms with Crippen molar-refractivity contribution in [2.24, 2.45) is 0 Å². The van der Waals surface area contributed by atoms with Crippen LogP contribution in [0.1, 0.15) is 17.4 Å². The fraction of sp³-hybridized carbons (Fsp3) is 0.455. The summed E-state index contributed by atoms with van der Waals surface area (Å²) in [6.07, 6.45) is -0.492. The number of ether oxygens (including phenoxy) is 2. The van der Waals surface area contributed by atoms with E-state index in [1.165, 1.54) is 5.56 Å². The van der Waals surface area contributed by atoms with Gasteiger partial charge in [-0.05, 0) is 6.92 Å². The van der Waals surface area contributed by atoms with Gasteiger partial charge in [0.25, 0.3) is 0 Å². The molecule has 1 aliphatic heterocycles. The Bertz CT molecular complexity index is 294. The van der Waals surface area contributed by atoms with E-state index in [1.807, 2.05) is 31.2 Å². The molecule has 76 valence electrons. The zero-order valence-electron chi connectivity index (χ0n) is 8.14. The molecule has 3 heteroatoms. The fourth-order valence-corrected chi connectivity index (χ4v) is 1.44. The number of aliphatic hydroxyl groups excluding tert-OH is 1. The molecule has 2 rings (SSSR count). The molecule has 1 aromatic carbocycles. The summed E-state index contributed by atoms with van der Waals surface area (Å²) < 4.78 is 10.9. The standard InChI is InChI=1S/C11H14O3/c1-8-2-4-9(5-3-8)11-13-7-10(6-12)14-11/h2-5,10-12H,6-7H2,1H3.